The molecular weight excluding hydrogens is 146 g/mol. The fourth-order valence-corrected chi connectivity index (χ4v) is 0.490. The summed E-state index contributed by atoms with van der Waals surface area (Å²) in [5, 5.41) is 8.12. The number of nitrogens with one attached hydrogen (secondary N) is 1. The molecule has 64 valence electrons. The molecule has 0 aromatic carbocycles. The zero-order valence-corrected chi connectivity index (χ0v) is 6.53. The molecule has 0 atom stereocenters. The molecule has 0 radical (unpaired) electrons. The number of nitrogens with two attached hydrogens (primary N) is 1. The summed E-state index contributed by atoms with van der Waals surface area (Å²) >= 11 is 0. The Labute approximate surface area is 65.4 Å². The van der Waals surface area contributed by atoms with Crippen molar-refractivity contribution in [3.05, 3.63) is 0 Å². The summed E-state index contributed by atoms with van der Waals surface area (Å²) < 4.78 is 0. The van der Waals surface area contributed by atoms with E-state index in [2.05, 4.69) is 15.9 Å². The SMILES string of the molecule is CN=NNN(C=O)CCCN. The number of carbonyl (C=O) groups excluding carboxylic acids is 1. The standard InChI is InChI=1S/C5H13N5O/c1-7-8-9-10(5-11)4-2-3-6/h5H,2-4,6H2,1H3,(H,7,9). The summed E-state index contributed by atoms with van der Waals surface area (Å²) in [5.41, 5.74) is 7.66. The zero-order chi connectivity index (χ0) is 8.53. The summed E-state index contributed by atoms with van der Waals surface area (Å²) in [5.74, 6) is 0. The molecule has 0 aliphatic carbocycles. The van der Waals surface area contributed by atoms with Gasteiger partial charge in [0.05, 0.1) is 7.05 Å². The summed E-state index contributed by atoms with van der Waals surface area (Å²) in [6, 6.07) is 0. The van der Waals surface area contributed by atoms with Crippen LogP contribution in [0.2, 0.25) is 0 Å². The maximum absolute atomic E-state index is 10.2. The third kappa shape index (κ3) is 5.28. The molecule has 3 N–H and O–H groups in total. The lowest BCUT2D eigenvalue weighted by molar-refractivity contribution is -0.121. The summed E-state index contributed by atoms with van der Waals surface area (Å²) in [4.78, 5) is 10.2. The van der Waals surface area contributed by atoms with Crippen LogP contribution in [0.5, 0.6) is 0 Å². The molecule has 0 aliphatic rings. The first-order valence-corrected chi connectivity index (χ1v) is 3.31. The molecule has 6 heteroatoms. The van der Waals surface area contributed by atoms with Crippen molar-refractivity contribution < 1.29 is 4.79 Å². The highest BCUT2D eigenvalue weighted by atomic mass is 16.1. The average Bonchev–Trinajstić information content (AvgIpc) is 2.05. The van der Waals surface area contributed by atoms with Gasteiger partial charge in [0.15, 0.2) is 0 Å². The van der Waals surface area contributed by atoms with Gasteiger partial charge in [0, 0.05) is 6.54 Å². The first-order chi connectivity index (χ1) is 5.35. The Morgan fingerprint density at radius 1 is 1.73 bits per heavy atom. The van der Waals surface area contributed by atoms with Crippen LogP contribution in [-0.2, 0) is 4.79 Å². The molecule has 0 heterocycles. The van der Waals surface area contributed by atoms with Gasteiger partial charge in [0.1, 0.15) is 0 Å². The Bertz CT molecular complexity index is 126. The molecule has 0 rings (SSSR count). The Balaban J connectivity index is 3.48. The zero-order valence-electron chi connectivity index (χ0n) is 6.53. The molecule has 0 fully saturated rings. The largest absolute Gasteiger partial charge is 0.330 e. The van der Waals surface area contributed by atoms with Crippen LogP contribution < -0.4 is 11.3 Å². The van der Waals surface area contributed by atoms with E-state index in [9.17, 15) is 4.79 Å². The quantitative estimate of drug-likeness (QED) is 0.305. The van der Waals surface area contributed by atoms with Gasteiger partial charge in [0.25, 0.3) is 0 Å². The van der Waals surface area contributed by atoms with Crippen molar-refractivity contribution in [1.29, 1.82) is 0 Å². The van der Waals surface area contributed by atoms with Crippen LogP contribution in [0, 0.1) is 0 Å². The van der Waals surface area contributed by atoms with Gasteiger partial charge >= 0.3 is 0 Å². The smallest absolute Gasteiger partial charge is 0.229 e. The lowest BCUT2D eigenvalue weighted by Crippen LogP contribution is -2.34. The Morgan fingerprint density at radius 3 is 2.91 bits per heavy atom. The number of amides is 1. The lowest BCUT2D eigenvalue weighted by Gasteiger charge is -2.13. The highest BCUT2D eigenvalue weighted by Gasteiger charge is 1.95. The average molecular weight is 159 g/mol. The minimum absolute atomic E-state index is 0.541. The number of hydrazine groups is 1. The van der Waals surface area contributed by atoms with Crippen molar-refractivity contribution in [2.24, 2.45) is 16.1 Å². The van der Waals surface area contributed by atoms with Crippen molar-refractivity contribution in [1.82, 2.24) is 10.5 Å². The van der Waals surface area contributed by atoms with E-state index in [1.54, 1.807) is 0 Å². The van der Waals surface area contributed by atoms with Crippen molar-refractivity contribution in [2.75, 3.05) is 20.1 Å². The van der Waals surface area contributed by atoms with Crippen molar-refractivity contribution in [3.63, 3.8) is 0 Å². The van der Waals surface area contributed by atoms with E-state index in [4.69, 9.17) is 5.73 Å². The van der Waals surface area contributed by atoms with Gasteiger partial charge in [-0.2, -0.15) is 10.6 Å². The molecule has 0 bridgehead atoms. The number of hydrogen-bond acceptors (Lipinski definition) is 4. The van der Waals surface area contributed by atoms with Crippen molar-refractivity contribution in [2.45, 2.75) is 6.42 Å². The summed E-state index contributed by atoms with van der Waals surface area (Å²) in [6.45, 7) is 1.09. The molecule has 1 amide bonds. The van der Waals surface area contributed by atoms with Gasteiger partial charge in [-0.3, -0.25) is 4.79 Å². The fraction of sp³-hybridized carbons (Fsp3) is 0.800. The van der Waals surface area contributed by atoms with Crippen molar-refractivity contribution >= 4 is 6.41 Å². The van der Waals surface area contributed by atoms with E-state index >= 15 is 0 Å². The molecule has 0 aliphatic heterocycles. The number of hydrogen-bond donors (Lipinski definition) is 2. The predicted octanol–water partition coefficient (Wildman–Crippen LogP) is -0.705. The first-order valence-electron chi connectivity index (χ1n) is 3.31. The van der Waals surface area contributed by atoms with Crippen LogP contribution in [-0.4, -0.2) is 31.6 Å². The normalized spacial score (nSPS) is 10.0. The molecule has 0 spiro atoms. The molecule has 0 unspecified atom stereocenters. The number of nitrogens with zero attached hydrogens (tertiary/aromatic N) is 3. The molecule has 11 heavy (non-hydrogen) atoms. The number of carbonyl (C=O) groups is 1. The second kappa shape index (κ2) is 6.94. The maximum Gasteiger partial charge on any atom is 0.229 e. The first kappa shape index (κ1) is 9.83. The van der Waals surface area contributed by atoms with Gasteiger partial charge in [-0.15, -0.1) is 0 Å². The molecule has 0 saturated carbocycles. The van der Waals surface area contributed by atoms with E-state index in [0.717, 1.165) is 6.42 Å². The van der Waals surface area contributed by atoms with Gasteiger partial charge < -0.3 is 5.73 Å². The Morgan fingerprint density at radius 2 is 2.45 bits per heavy atom. The Kier molecular flexibility index (Phi) is 6.20. The van der Waals surface area contributed by atoms with Crippen LogP contribution in [0.3, 0.4) is 0 Å². The molecule has 0 aromatic heterocycles. The van der Waals surface area contributed by atoms with Gasteiger partial charge in [-0.25, -0.2) is 5.01 Å². The second-order valence-electron chi connectivity index (χ2n) is 1.84. The summed E-state index contributed by atoms with van der Waals surface area (Å²) in [7, 11) is 1.51. The second-order valence-corrected chi connectivity index (χ2v) is 1.84. The fourth-order valence-electron chi connectivity index (χ4n) is 0.490. The van der Waals surface area contributed by atoms with Crippen LogP contribution in [0.4, 0.5) is 0 Å². The third-order valence-electron chi connectivity index (χ3n) is 1.00. The molecule has 0 aromatic rings. The van der Waals surface area contributed by atoms with Crippen molar-refractivity contribution in [3.8, 4) is 0 Å². The maximum atomic E-state index is 10.2. The van der Waals surface area contributed by atoms with Gasteiger partial charge in [-0.05, 0) is 13.0 Å². The monoisotopic (exact) mass is 159 g/mol. The Hall–Kier alpha value is -1.17. The van der Waals surface area contributed by atoms with E-state index in [1.807, 2.05) is 0 Å². The van der Waals surface area contributed by atoms with Gasteiger partial charge in [-0.1, -0.05) is 5.22 Å². The van der Waals surface area contributed by atoms with Crippen LogP contribution in [0.15, 0.2) is 10.3 Å². The predicted molar refractivity (Wildman–Crippen MR) is 40.4 cm³/mol. The minimum atomic E-state index is 0.541. The minimum Gasteiger partial charge on any atom is -0.330 e. The highest BCUT2D eigenvalue weighted by molar-refractivity contribution is 5.45. The highest BCUT2D eigenvalue weighted by Crippen LogP contribution is 1.80. The van der Waals surface area contributed by atoms with E-state index in [0.29, 0.717) is 19.5 Å². The van der Waals surface area contributed by atoms with E-state index in [-0.39, 0.29) is 0 Å². The third-order valence-corrected chi connectivity index (χ3v) is 1.00. The van der Waals surface area contributed by atoms with Gasteiger partial charge in [0.2, 0.25) is 6.41 Å². The van der Waals surface area contributed by atoms with Crippen LogP contribution in [0.1, 0.15) is 6.42 Å². The molecule has 6 nitrogen and oxygen atoms in total. The van der Waals surface area contributed by atoms with Crippen LogP contribution in [0.25, 0.3) is 0 Å². The molecule has 0 saturated heterocycles. The van der Waals surface area contributed by atoms with Crippen LogP contribution >= 0.6 is 0 Å². The lowest BCUT2D eigenvalue weighted by atomic mass is 10.4. The van der Waals surface area contributed by atoms with E-state index < -0.39 is 0 Å². The summed E-state index contributed by atoms with van der Waals surface area (Å²) in [6.07, 6.45) is 1.38. The number of rotatable bonds is 6. The topological polar surface area (TPSA) is 83.1 Å². The molecular formula is C5H13N5O. The van der Waals surface area contributed by atoms with E-state index in [1.165, 1.54) is 12.1 Å².